The summed E-state index contributed by atoms with van der Waals surface area (Å²) in [6.07, 6.45) is 1.20. The van der Waals surface area contributed by atoms with E-state index in [2.05, 4.69) is 18.7 Å². The second-order valence-electron chi connectivity index (χ2n) is 4.77. The van der Waals surface area contributed by atoms with Crippen LogP contribution in [0.2, 0.25) is 0 Å². The van der Waals surface area contributed by atoms with Crippen LogP contribution in [0.4, 0.5) is 4.39 Å². The van der Waals surface area contributed by atoms with Crippen LogP contribution in [0.25, 0.3) is 0 Å². The molecule has 1 N–H and O–H groups in total. The smallest absolute Gasteiger partial charge is 0.126 e. The minimum Gasteiger partial charge on any atom is -0.508 e. The Morgan fingerprint density at radius 2 is 2.25 bits per heavy atom. The number of phenolic OH excluding ortho intramolecular Hbond substituents is 1. The summed E-state index contributed by atoms with van der Waals surface area (Å²) in [5, 5.41) is 9.72. The molecule has 2 unspecified atom stereocenters. The van der Waals surface area contributed by atoms with Crippen molar-refractivity contribution in [3.63, 3.8) is 0 Å². The van der Waals surface area contributed by atoms with Gasteiger partial charge in [0.15, 0.2) is 0 Å². The molecule has 0 bridgehead atoms. The largest absolute Gasteiger partial charge is 0.508 e. The van der Waals surface area contributed by atoms with Crippen LogP contribution < -0.4 is 0 Å². The van der Waals surface area contributed by atoms with Crippen molar-refractivity contribution in [2.75, 3.05) is 13.1 Å². The minimum absolute atomic E-state index is 0.0621. The van der Waals surface area contributed by atoms with Gasteiger partial charge in [0.25, 0.3) is 0 Å². The van der Waals surface area contributed by atoms with E-state index < -0.39 is 0 Å². The summed E-state index contributed by atoms with van der Waals surface area (Å²) in [6.45, 7) is 6.40. The molecule has 0 aromatic heterocycles. The van der Waals surface area contributed by atoms with E-state index in [9.17, 15) is 9.50 Å². The highest BCUT2D eigenvalue weighted by atomic mass is 19.1. The number of rotatable bonds is 2. The lowest BCUT2D eigenvalue weighted by Crippen LogP contribution is -2.24. The van der Waals surface area contributed by atoms with Crippen molar-refractivity contribution < 1.29 is 9.50 Å². The van der Waals surface area contributed by atoms with Gasteiger partial charge in [-0.25, -0.2) is 4.39 Å². The number of likely N-dealkylation sites (tertiary alicyclic amines) is 1. The highest BCUT2D eigenvalue weighted by Crippen LogP contribution is 2.32. The molecule has 0 spiro atoms. The second kappa shape index (κ2) is 4.42. The van der Waals surface area contributed by atoms with E-state index in [1.54, 1.807) is 6.07 Å². The third-order valence-corrected chi connectivity index (χ3v) is 3.45. The van der Waals surface area contributed by atoms with Gasteiger partial charge >= 0.3 is 0 Å². The van der Waals surface area contributed by atoms with Crippen LogP contribution in [0.1, 0.15) is 31.9 Å². The second-order valence-corrected chi connectivity index (χ2v) is 4.77. The van der Waals surface area contributed by atoms with Gasteiger partial charge in [-0.3, -0.25) is 4.90 Å². The molecule has 0 radical (unpaired) electrons. The summed E-state index contributed by atoms with van der Waals surface area (Å²) in [6, 6.07) is 4.43. The van der Waals surface area contributed by atoms with Crippen LogP contribution in [0.15, 0.2) is 18.2 Å². The maximum absolute atomic E-state index is 12.9. The zero-order chi connectivity index (χ0) is 11.7. The van der Waals surface area contributed by atoms with Crippen molar-refractivity contribution in [3.05, 3.63) is 29.6 Å². The molecule has 3 heteroatoms. The molecule has 16 heavy (non-hydrogen) atoms. The summed E-state index contributed by atoms with van der Waals surface area (Å²) >= 11 is 0. The fourth-order valence-corrected chi connectivity index (χ4v) is 2.39. The average Bonchev–Trinajstić information content (AvgIpc) is 2.64. The van der Waals surface area contributed by atoms with Crippen LogP contribution in [0.5, 0.6) is 5.75 Å². The van der Waals surface area contributed by atoms with Crippen molar-refractivity contribution in [3.8, 4) is 5.75 Å². The monoisotopic (exact) mass is 223 g/mol. The van der Waals surface area contributed by atoms with Crippen molar-refractivity contribution in [1.29, 1.82) is 0 Å². The molecule has 2 nitrogen and oxygen atoms in total. The molecule has 1 fully saturated rings. The van der Waals surface area contributed by atoms with Gasteiger partial charge in [0.05, 0.1) is 0 Å². The first-order valence-electron chi connectivity index (χ1n) is 5.80. The Morgan fingerprint density at radius 3 is 2.81 bits per heavy atom. The number of benzene rings is 1. The van der Waals surface area contributed by atoms with Crippen molar-refractivity contribution in [1.82, 2.24) is 4.90 Å². The highest BCUT2D eigenvalue weighted by Gasteiger charge is 2.25. The number of phenols is 1. The molecule has 2 atom stereocenters. The Hall–Kier alpha value is -1.09. The average molecular weight is 223 g/mol. The van der Waals surface area contributed by atoms with Gasteiger partial charge in [0.2, 0.25) is 0 Å². The van der Waals surface area contributed by atoms with Crippen LogP contribution in [-0.2, 0) is 0 Å². The highest BCUT2D eigenvalue weighted by molar-refractivity contribution is 5.35. The molecule has 1 aromatic carbocycles. The van der Waals surface area contributed by atoms with Gasteiger partial charge in [-0.1, -0.05) is 13.0 Å². The van der Waals surface area contributed by atoms with Gasteiger partial charge < -0.3 is 5.11 Å². The summed E-state index contributed by atoms with van der Waals surface area (Å²) < 4.78 is 12.9. The summed E-state index contributed by atoms with van der Waals surface area (Å²) in [5.41, 5.74) is 0.815. The molecule has 1 saturated heterocycles. The lowest BCUT2D eigenvalue weighted by Gasteiger charge is -2.25. The summed E-state index contributed by atoms with van der Waals surface area (Å²) in [7, 11) is 0. The van der Waals surface area contributed by atoms with E-state index >= 15 is 0 Å². The molecule has 1 heterocycles. The Bertz CT molecular complexity index is 380. The molecule has 0 amide bonds. The molecule has 2 rings (SSSR count). The predicted molar refractivity (Wildman–Crippen MR) is 61.8 cm³/mol. The van der Waals surface area contributed by atoms with Crippen LogP contribution in [0, 0.1) is 11.7 Å². The first-order chi connectivity index (χ1) is 7.58. The van der Waals surface area contributed by atoms with E-state index in [4.69, 9.17) is 0 Å². The van der Waals surface area contributed by atoms with Gasteiger partial charge in [-0.05, 0) is 31.9 Å². The number of hydrogen-bond acceptors (Lipinski definition) is 2. The molecule has 1 aliphatic heterocycles. The first kappa shape index (κ1) is 11.4. The maximum Gasteiger partial charge on any atom is 0.126 e. The quantitative estimate of drug-likeness (QED) is 0.833. The molecule has 0 aliphatic carbocycles. The van der Waals surface area contributed by atoms with Crippen molar-refractivity contribution in [2.24, 2.45) is 5.92 Å². The van der Waals surface area contributed by atoms with Gasteiger partial charge in [-0.15, -0.1) is 0 Å². The fraction of sp³-hybridized carbons (Fsp3) is 0.538. The number of aromatic hydroxyl groups is 1. The third-order valence-electron chi connectivity index (χ3n) is 3.45. The van der Waals surface area contributed by atoms with Crippen LogP contribution in [-0.4, -0.2) is 23.1 Å². The predicted octanol–water partition coefficient (Wildman–Crippen LogP) is 2.93. The fourth-order valence-electron chi connectivity index (χ4n) is 2.39. The Balaban J connectivity index is 2.17. The van der Waals surface area contributed by atoms with Crippen LogP contribution >= 0.6 is 0 Å². The Morgan fingerprint density at radius 1 is 1.50 bits per heavy atom. The molecule has 1 aromatic rings. The minimum atomic E-state index is -0.386. The Kier molecular flexibility index (Phi) is 3.15. The molecule has 1 aliphatic rings. The summed E-state index contributed by atoms with van der Waals surface area (Å²) in [4.78, 5) is 2.33. The van der Waals surface area contributed by atoms with E-state index in [0.717, 1.165) is 18.7 Å². The van der Waals surface area contributed by atoms with Gasteiger partial charge in [-0.2, -0.15) is 0 Å². The number of halogens is 1. The van der Waals surface area contributed by atoms with E-state index in [0.29, 0.717) is 5.92 Å². The molecular weight excluding hydrogens is 205 g/mol. The number of hydrogen-bond donors (Lipinski definition) is 1. The zero-order valence-electron chi connectivity index (χ0n) is 9.78. The molecule has 88 valence electrons. The molecule has 0 saturated carbocycles. The van der Waals surface area contributed by atoms with Crippen molar-refractivity contribution in [2.45, 2.75) is 26.3 Å². The van der Waals surface area contributed by atoms with E-state index in [1.165, 1.54) is 18.6 Å². The first-order valence-corrected chi connectivity index (χ1v) is 5.80. The summed E-state index contributed by atoms with van der Waals surface area (Å²) in [5.74, 6) is 0.389. The van der Waals surface area contributed by atoms with Gasteiger partial charge in [0.1, 0.15) is 11.6 Å². The molecular formula is C13H18FNO. The van der Waals surface area contributed by atoms with Crippen LogP contribution in [0.3, 0.4) is 0 Å². The standard InChI is InChI=1S/C13H18FNO/c1-9-5-6-15(8-9)10(2)12-4-3-11(14)7-13(12)16/h3-4,7,9-10,16H,5-6,8H2,1-2H3. The van der Waals surface area contributed by atoms with E-state index in [-0.39, 0.29) is 17.6 Å². The lowest BCUT2D eigenvalue weighted by molar-refractivity contribution is 0.249. The lowest BCUT2D eigenvalue weighted by atomic mass is 10.1. The Labute approximate surface area is 95.7 Å². The zero-order valence-corrected chi connectivity index (χ0v) is 9.78. The topological polar surface area (TPSA) is 23.5 Å². The normalized spacial score (nSPS) is 23.6. The third kappa shape index (κ3) is 2.19. The SMILES string of the molecule is CC1CCN(C(C)c2ccc(F)cc2O)C1. The number of nitrogens with zero attached hydrogens (tertiary/aromatic N) is 1. The maximum atomic E-state index is 12.9. The van der Waals surface area contributed by atoms with E-state index in [1.807, 2.05) is 0 Å². The van der Waals surface area contributed by atoms with Gasteiger partial charge in [0, 0.05) is 24.2 Å². The van der Waals surface area contributed by atoms with Crippen molar-refractivity contribution >= 4 is 0 Å².